The zero-order valence-corrected chi connectivity index (χ0v) is 17.0. The number of thiophene rings is 1. The predicted octanol–water partition coefficient (Wildman–Crippen LogP) is 4.28. The van der Waals surface area contributed by atoms with Gasteiger partial charge in [0, 0.05) is 37.6 Å². The van der Waals surface area contributed by atoms with Gasteiger partial charge in [0.15, 0.2) is 0 Å². The Morgan fingerprint density at radius 1 is 1.14 bits per heavy atom. The molecule has 0 unspecified atom stereocenters. The SMILES string of the molecule is COc1ccc(C(=O)N(C)Cc2cn(-c3ccccc3)nc2-c2cccs2)cn1. The van der Waals surface area contributed by atoms with Gasteiger partial charge in [-0.2, -0.15) is 5.10 Å². The third kappa shape index (κ3) is 4.05. The number of methoxy groups -OCH3 is 1. The third-order valence-corrected chi connectivity index (χ3v) is 5.39. The molecule has 0 saturated heterocycles. The van der Waals surface area contributed by atoms with Crippen LogP contribution in [0.1, 0.15) is 15.9 Å². The lowest BCUT2D eigenvalue weighted by atomic mass is 10.2. The van der Waals surface area contributed by atoms with E-state index in [1.807, 2.05) is 58.7 Å². The fourth-order valence-corrected chi connectivity index (χ4v) is 3.78. The molecule has 6 nitrogen and oxygen atoms in total. The number of aromatic nitrogens is 3. The Morgan fingerprint density at radius 2 is 1.97 bits per heavy atom. The van der Waals surface area contributed by atoms with Crippen LogP contribution in [0, 0.1) is 0 Å². The van der Waals surface area contributed by atoms with Gasteiger partial charge in [-0.3, -0.25) is 4.79 Å². The lowest BCUT2D eigenvalue weighted by molar-refractivity contribution is 0.0785. The Kier molecular flexibility index (Phi) is 5.39. The lowest BCUT2D eigenvalue weighted by Crippen LogP contribution is -2.26. The molecule has 0 radical (unpaired) electrons. The fourth-order valence-electron chi connectivity index (χ4n) is 3.03. The highest BCUT2D eigenvalue weighted by Gasteiger charge is 2.18. The maximum absolute atomic E-state index is 12.8. The maximum Gasteiger partial charge on any atom is 0.255 e. The minimum atomic E-state index is -0.107. The largest absolute Gasteiger partial charge is 0.481 e. The van der Waals surface area contributed by atoms with E-state index in [1.165, 1.54) is 6.20 Å². The van der Waals surface area contributed by atoms with Crippen LogP contribution in [0.15, 0.2) is 72.4 Å². The van der Waals surface area contributed by atoms with E-state index in [9.17, 15) is 4.79 Å². The molecule has 0 aliphatic rings. The zero-order valence-electron chi connectivity index (χ0n) is 16.1. The Labute approximate surface area is 173 Å². The van der Waals surface area contributed by atoms with Crippen LogP contribution >= 0.6 is 11.3 Å². The van der Waals surface area contributed by atoms with Crippen molar-refractivity contribution in [2.45, 2.75) is 6.54 Å². The summed E-state index contributed by atoms with van der Waals surface area (Å²) in [5.41, 5.74) is 3.36. The van der Waals surface area contributed by atoms with E-state index in [0.717, 1.165) is 21.8 Å². The summed E-state index contributed by atoms with van der Waals surface area (Å²) in [6.45, 7) is 0.435. The number of hydrogen-bond donors (Lipinski definition) is 0. The summed E-state index contributed by atoms with van der Waals surface area (Å²) in [6, 6.07) is 17.4. The third-order valence-electron chi connectivity index (χ3n) is 4.51. The van der Waals surface area contributed by atoms with Crippen LogP contribution in [0.25, 0.3) is 16.3 Å². The molecule has 0 N–H and O–H groups in total. The molecule has 0 fully saturated rings. The normalized spacial score (nSPS) is 10.7. The molecule has 146 valence electrons. The number of amides is 1. The standard InChI is InChI=1S/C22H20N4O2S/c1-25(22(27)16-10-11-20(28-2)23-13-16)14-17-15-26(18-7-4-3-5-8-18)24-21(17)19-9-6-12-29-19/h3-13,15H,14H2,1-2H3. The minimum Gasteiger partial charge on any atom is -0.481 e. The lowest BCUT2D eigenvalue weighted by Gasteiger charge is -2.17. The molecule has 0 saturated carbocycles. The predicted molar refractivity (Wildman–Crippen MR) is 113 cm³/mol. The average Bonchev–Trinajstić information content (AvgIpc) is 3.44. The van der Waals surface area contributed by atoms with Crippen LogP contribution in [0.2, 0.25) is 0 Å². The van der Waals surface area contributed by atoms with Crippen LogP contribution in [0.5, 0.6) is 5.88 Å². The summed E-state index contributed by atoms with van der Waals surface area (Å²) in [5.74, 6) is 0.373. The van der Waals surface area contributed by atoms with Crippen molar-refractivity contribution in [3.63, 3.8) is 0 Å². The highest BCUT2D eigenvalue weighted by molar-refractivity contribution is 7.13. The molecule has 1 aromatic carbocycles. The van der Waals surface area contributed by atoms with Crippen molar-refractivity contribution in [3.8, 4) is 22.1 Å². The molecule has 0 aliphatic carbocycles. The maximum atomic E-state index is 12.8. The second-order valence-corrected chi connectivity index (χ2v) is 7.46. The van der Waals surface area contributed by atoms with E-state index in [0.29, 0.717) is 18.0 Å². The zero-order chi connectivity index (χ0) is 20.2. The van der Waals surface area contributed by atoms with Gasteiger partial charge in [0.25, 0.3) is 5.91 Å². The molecule has 3 aromatic heterocycles. The first-order valence-electron chi connectivity index (χ1n) is 9.09. The number of ether oxygens (including phenoxy) is 1. The van der Waals surface area contributed by atoms with Crippen molar-refractivity contribution < 1.29 is 9.53 Å². The van der Waals surface area contributed by atoms with Gasteiger partial charge in [-0.05, 0) is 29.6 Å². The summed E-state index contributed by atoms with van der Waals surface area (Å²) >= 11 is 1.63. The van der Waals surface area contributed by atoms with Gasteiger partial charge in [-0.15, -0.1) is 11.3 Å². The van der Waals surface area contributed by atoms with Gasteiger partial charge in [0.1, 0.15) is 5.69 Å². The minimum absolute atomic E-state index is 0.107. The molecular formula is C22H20N4O2S. The van der Waals surface area contributed by atoms with E-state index in [2.05, 4.69) is 4.98 Å². The van der Waals surface area contributed by atoms with Crippen molar-refractivity contribution in [1.29, 1.82) is 0 Å². The number of nitrogens with zero attached hydrogens (tertiary/aromatic N) is 4. The van der Waals surface area contributed by atoms with Gasteiger partial charge in [-0.1, -0.05) is 24.3 Å². The summed E-state index contributed by atoms with van der Waals surface area (Å²) < 4.78 is 6.92. The van der Waals surface area contributed by atoms with Crippen molar-refractivity contribution in [2.24, 2.45) is 0 Å². The van der Waals surface area contributed by atoms with Crippen LogP contribution in [-0.4, -0.2) is 39.7 Å². The van der Waals surface area contributed by atoms with E-state index in [-0.39, 0.29) is 5.91 Å². The Morgan fingerprint density at radius 3 is 2.62 bits per heavy atom. The Hall–Kier alpha value is -3.45. The molecule has 0 bridgehead atoms. The first-order valence-corrected chi connectivity index (χ1v) is 9.97. The molecule has 0 atom stereocenters. The number of pyridine rings is 1. The highest BCUT2D eigenvalue weighted by Crippen LogP contribution is 2.28. The van der Waals surface area contributed by atoms with E-state index in [4.69, 9.17) is 9.84 Å². The molecule has 0 spiro atoms. The summed E-state index contributed by atoms with van der Waals surface area (Å²) in [7, 11) is 3.33. The molecule has 29 heavy (non-hydrogen) atoms. The highest BCUT2D eigenvalue weighted by atomic mass is 32.1. The first-order chi connectivity index (χ1) is 14.2. The van der Waals surface area contributed by atoms with Gasteiger partial charge in [0.2, 0.25) is 5.88 Å². The van der Waals surface area contributed by atoms with Gasteiger partial charge in [0.05, 0.1) is 23.2 Å². The van der Waals surface area contributed by atoms with Crippen LogP contribution in [0.3, 0.4) is 0 Å². The smallest absolute Gasteiger partial charge is 0.255 e. The van der Waals surface area contributed by atoms with E-state index in [1.54, 1.807) is 42.5 Å². The van der Waals surface area contributed by atoms with Gasteiger partial charge >= 0.3 is 0 Å². The second kappa shape index (κ2) is 8.28. The van der Waals surface area contributed by atoms with E-state index >= 15 is 0 Å². The average molecular weight is 404 g/mol. The molecule has 3 heterocycles. The van der Waals surface area contributed by atoms with Crippen molar-refractivity contribution in [3.05, 3.63) is 83.5 Å². The van der Waals surface area contributed by atoms with Crippen LogP contribution in [0.4, 0.5) is 0 Å². The molecule has 0 aliphatic heterocycles. The number of carbonyl (C=O) groups is 1. The number of benzene rings is 1. The quantitative estimate of drug-likeness (QED) is 0.481. The van der Waals surface area contributed by atoms with Crippen molar-refractivity contribution in [1.82, 2.24) is 19.7 Å². The fraction of sp³-hybridized carbons (Fsp3) is 0.136. The van der Waals surface area contributed by atoms with Gasteiger partial charge in [-0.25, -0.2) is 9.67 Å². The Balaban J connectivity index is 1.63. The molecule has 7 heteroatoms. The molecule has 4 rings (SSSR count). The topological polar surface area (TPSA) is 60.2 Å². The number of hydrogen-bond acceptors (Lipinski definition) is 5. The summed E-state index contributed by atoms with van der Waals surface area (Å²) in [6.07, 6.45) is 3.52. The van der Waals surface area contributed by atoms with Crippen LogP contribution in [-0.2, 0) is 6.54 Å². The molecular weight excluding hydrogens is 384 g/mol. The number of rotatable bonds is 6. The van der Waals surface area contributed by atoms with E-state index < -0.39 is 0 Å². The van der Waals surface area contributed by atoms with Crippen molar-refractivity contribution in [2.75, 3.05) is 14.2 Å². The number of para-hydroxylation sites is 1. The Bertz CT molecular complexity index is 1090. The second-order valence-electron chi connectivity index (χ2n) is 6.51. The molecule has 4 aromatic rings. The van der Waals surface area contributed by atoms with Crippen LogP contribution < -0.4 is 4.74 Å². The summed E-state index contributed by atoms with van der Waals surface area (Å²) in [4.78, 5) is 19.7. The summed E-state index contributed by atoms with van der Waals surface area (Å²) in [5, 5.41) is 6.82. The monoisotopic (exact) mass is 404 g/mol. The first kappa shape index (κ1) is 18.9. The number of carbonyl (C=O) groups excluding carboxylic acids is 1. The molecule has 1 amide bonds. The van der Waals surface area contributed by atoms with Gasteiger partial charge < -0.3 is 9.64 Å². The van der Waals surface area contributed by atoms with Crippen molar-refractivity contribution >= 4 is 17.2 Å².